The first-order valence-corrected chi connectivity index (χ1v) is 26.7. The largest absolute Gasteiger partial charge is 0.489 e. The van der Waals surface area contributed by atoms with Crippen LogP contribution in [0.1, 0.15) is 85.8 Å². The van der Waals surface area contributed by atoms with Crippen LogP contribution in [0.5, 0.6) is 11.5 Å². The molecule has 0 aromatic heterocycles. The number of hydrogen-bond donors (Lipinski definition) is 7. The summed E-state index contributed by atoms with van der Waals surface area (Å²) in [6.45, 7) is 5.11. The molecule has 1 amide bonds. The summed E-state index contributed by atoms with van der Waals surface area (Å²) in [5.41, 5.74) is 8.92. The van der Waals surface area contributed by atoms with Gasteiger partial charge in [-0.25, -0.2) is 13.6 Å². The molecule has 2 saturated carbocycles. The number of halogens is 5. The highest BCUT2D eigenvalue weighted by atomic mass is 127. The number of carboxylic acids is 1. The number of benzene rings is 6. The van der Waals surface area contributed by atoms with Gasteiger partial charge in [0.1, 0.15) is 34.9 Å². The van der Waals surface area contributed by atoms with Gasteiger partial charge in [-0.05, 0) is 170 Å². The van der Waals surface area contributed by atoms with E-state index in [1.54, 1.807) is 48.5 Å². The highest BCUT2D eigenvalue weighted by Gasteiger charge is 2.31. The van der Waals surface area contributed by atoms with Crippen molar-refractivity contribution in [1.82, 2.24) is 15.1 Å². The normalized spacial score (nSPS) is 17.1. The van der Waals surface area contributed by atoms with Crippen LogP contribution in [0, 0.1) is 11.6 Å². The third kappa shape index (κ3) is 17.1. The van der Waals surface area contributed by atoms with Crippen LogP contribution >= 0.6 is 47.2 Å². The molecule has 2 saturated heterocycles. The summed E-state index contributed by atoms with van der Waals surface area (Å²) < 4.78 is 38.0. The molecule has 4 aliphatic rings. The summed E-state index contributed by atoms with van der Waals surface area (Å²) in [5, 5.41) is 61.6. The number of carbonyl (C=O) groups is 2. The third-order valence-electron chi connectivity index (χ3n) is 13.9. The molecule has 78 heavy (non-hydrogen) atoms. The molecule has 15 nitrogen and oxygen atoms in total. The van der Waals surface area contributed by atoms with Crippen LogP contribution < -0.4 is 20.5 Å². The van der Waals surface area contributed by atoms with Crippen molar-refractivity contribution >= 4 is 92.0 Å². The predicted molar refractivity (Wildman–Crippen MR) is 308 cm³/mol. The number of carboxylic acid groups (broad SMARTS) is 1. The zero-order valence-corrected chi connectivity index (χ0v) is 46.7. The van der Waals surface area contributed by atoms with Gasteiger partial charge in [-0.15, -0.1) is 24.0 Å². The van der Waals surface area contributed by atoms with Crippen molar-refractivity contribution in [1.29, 1.82) is 0 Å². The molecule has 4 fully saturated rings. The average Bonchev–Trinajstić information content (AvgIpc) is 4.36. The van der Waals surface area contributed by atoms with Gasteiger partial charge in [-0.2, -0.15) is 0 Å². The Bertz CT molecular complexity index is 3090. The molecular formula is C58H65Cl2F2IN6O9. The molecule has 2 aliphatic carbocycles. The topological polar surface area (TPSA) is 223 Å². The van der Waals surface area contributed by atoms with E-state index >= 15 is 0 Å². The van der Waals surface area contributed by atoms with E-state index in [0.29, 0.717) is 52.6 Å². The van der Waals surface area contributed by atoms with Gasteiger partial charge in [0.15, 0.2) is 5.71 Å². The van der Waals surface area contributed by atoms with Crippen molar-refractivity contribution in [3.8, 4) is 11.5 Å². The van der Waals surface area contributed by atoms with Gasteiger partial charge in [-0.3, -0.25) is 4.79 Å². The Hall–Kier alpha value is -5.71. The second-order valence-corrected chi connectivity index (χ2v) is 20.8. The summed E-state index contributed by atoms with van der Waals surface area (Å²) >= 11 is 12.6. The lowest BCUT2D eigenvalue weighted by Gasteiger charge is -2.36. The van der Waals surface area contributed by atoms with E-state index in [0.717, 1.165) is 103 Å². The van der Waals surface area contributed by atoms with Gasteiger partial charge in [0, 0.05) is 32.0 Å². The Labute approximate surface area is 478 Å². The molecule has 0 bridgehead atoms. The molecule has 0 spiro atoms. The maximum absolute atomic E-state index is 13.5. The molecule has 8 N–H and O–H groups in total. The van der Waals surface area contributed by atoms with Crippen LogP contribution in [-0.2, 0) is 22.4 Å². The number of oxime groups is 2. The maximum Gasteiger partial charge on any atom is 0.353 e. The molecule has 2 aliphatic heterocycles. The SMILES string of the molecule is I.N[C@H](CN1CCC1)C(O)c1ccc(OC2CC2)c(Cl)c1.O=C(N[C@H](CN1CCC1)[C@H](O)c1ccc(OC2CC2)c(Cl)c1)/C(CCc1ccc2cc(F)ccc2c1)=N/O.O=C(O)/C(CCc1ccc2cc(F)ccc2c1)=N/O. The molecule has 6 aromatic rings. The molecule has 0 radical (unpaired) electrons. The van der Waals surface area contributed by atoms with Crippen molar-refractivity contribution in [2.45, 2.75) is 101 Å². The van der Waals surface area contributed by atoms with Crippen molar-refractivity contribution in [3.05, 3.63) is 153 Å². The van der Waals surface area contributed by atoms with Gasteiger partial charge < -0.3 is 56.1 Å². The molecule has 10 rings (SSSR count). The summed E-state index contributed by atoms with van der Waals surface area (Å²) in [4.78, 5) is 28.2. The quantitative estimate of drug-likeness (QED) is 0.0155. The minimum Gasteiger partial charge on any atom is -0.489 e. The molecule has 20 heteroatoms. The first-order valence-electron chi connectivity index (χ1n) is 25.9. The first-order chi connectivity index (χ1) is 37.1. The average molecular weight is 1230 g/mol. The van der Waals surface area contributed by atoms with Crippen LogP contribution in [-0.4, -0.2) is 122 Å². The van der Waals surface area contributed by atoms with E-state index in [-0.39, 0.29) is 72.0 Å². The summed E-state index contributed by atoms with van der Waals surface area (Å²) in [6.07, 6.45) is 6.56. The van der Waals surface area contributed by atoms with Gasteiger partial charge in [0.2, 0.25) is 0 Å². The van der Waals surface area contributed by atoms with E-state index in [1.807, 2.05) is 36.4 Å². The van der Waals surface area contributed by atoms with Crippen molar-refractivity contribution in [3.63, 3.8) is 0 Å². The molecule has 4 atom stereocenters. The Balaban J connectivity index is 0.000000186. The number of hydrogen-bond acceptors (Lipinski definition) is 13. The summed E-state index contributed by atoms with van der Waals surface area (Å²) in [5.74, 6) is -1.08. The molecular weight excluding hydrogens is 1160 g/mol. The fraction of sp³-hybridized carbons (Fsp3) is 0.379. The monoisotopic (exact) mass is 1220 g/mol. The van der Waals surface area contributed by atoms with Crippen LogP contribution in [0.2, 0.25) is 10.0 Å². The number of amides is 1. The number of aliphatic hydroxyl groups excluding tert-OH is 2. The fourth-order valence-corrected chi connectivity index (χ4v) is 9.33. The van der Waals surface area contributed by atoms with E-state index < -0.39 is 30.1 Å². The van der Waals surface area contributed by atoms with E-state index in [9.17, 15) is 33.8 Å². The van der Waals surface area contributed by atoms with Crippen LogP contribution in [0.15, 0.2) is 120 Å². The third-order valence-corrected chi connectivity index (χ3v) is 14.5. The fourth-order valence-electron chi connectivity index (χ4n) is 8.86. The first kappa shape index (κ1) is 59.9. The molecule has 6 aromatic carbocycles. The number of nitrogens with one attached hydrogen (secondary N) is 1. The number of likely N-dealkylation sites (tertiary alicyclic amines) is 2. The van der Waals surface area contributed by atoms with Crippen LogP contribution in [0.3, 0.4) is 0 Å². The van der Waals surface area contributed by atoms with Crippen molar-refractivity contribution in [2.24, 2.45) is 16.0 Å². The number of aryl methyl sites for hydroxylation is 2. The predicted octanol–water partition coefficient (Wildman–Crippen LogP) is 10.3. The minimum absolute atomic E-state index is 0. The van der Waals surface area contributed by atoms with Crippen LogP contribution in [0.4, 0.5) is 8.78 Å². The van der Waals surface area contributed by atoms with Gasteiger partial charge in [0.25, 0.3) is 5.91 Å². The Kier molecular flexibility index (Phi) is 21.9. The van der Waals surface area contributed by atoms with Crippen molar-refractivity contribution < 1.29 is 53.6 Å². The number of ether oxygens (including phenoxy) is 2. The standard InChI is InChI=1S/C29H31ClFN3O4.C15H21ClN2O2.C14H12FNO3.HI/c30-24-16-21(6-11-27(24)38-23-8-9-23)28(35)26(17-34-12-1-13-34)32-29(36)25(33-37)10-3-18-2-4-20-15-22(31)7-5-19(20)14-18;16-12-8-10(2-5-14(12)20-11-3-4-11)15(19)13(17)9-18-6-1-7-18;15-12-5-4-10-7-9(1-3-11(10)8-12)2-6-13(16-19)14(17)18;/h2,4-7,11,14-16,23,26,28,35,37H,1,3,8-10,12-13,17H2,(H,32,36);2,5,8,11,13,15,19H,1,3-4,6-7,9,17H2;1,3-5,7-8,19H,2,6H2,(H,17,18);1H/b33-25+;;16-13+;/t26-,28-;13-,15?;;/m11../s1. The second kappa shape index (κ2) is 28.4. The van der Waals surface area contributed by atoms with E-state index in [1.165, 1.54) is 30.7 Å². The lowest BCUT2D eigenvalue weighted by Crippen LogP contribution is -2.52. The lowest BCUT2D eigenvalue weighted by atomic mass is 9.99. The molecule has 1 unspecified atom stereocenters. The van der Waals surface area contributed by atoms with Gasteiger partial charge in [-0.1, -0.05) is 94.2 Å². The smallest absolute Gasteiger partial charge is 0.353 e. The number of aliphatic hydroxyl groups is 2. The zero-order valence-electron chi connectivity index (χ0n) is 42.8. The van der Waals surface area contributed by atoms with Crippen LogP contribution in [0.25, 0.3) is 21.5 Å². The highest BCUT2D eigenvalue weighted by Crippen LogP contribution is 2.36. The maximum atomic E-state index is 13.5. The highest BCUT2D eigenvalue weighted by molar-refractivity contribution is 14.0. The number of nitrogens with two attached hydrogens (primary N) is 1. The van der Waals surface area contributed by atoms with Gasteiger partial charge in [0.05, 0.1) is 34.4 Å². The second-order valence-electron chi connectivity index (χ2n) is 20.0. The number of carbonyl (C=O) groups excluding carboxylic acids is 1. The zero-order chi connectivity index (χ0) is 54.6. The number of rotatable bonds is 21. The minimum atomic E-state index is -1.23. The van der Waals surface area contributed by atoms with Gasteiger partial charge >= 0.3 is 5.97 Å². The molecule has 416 valence electrons. The lowest BCUT2D eigenvalue weighted by molar-refractivity contribution is -0.129. The van der Waals surface area contributed by atoms with E-state index in [4.69, 9.17) is 48.7 Å². The summed E-state index contributed by atoms with van der Waals surface area (Å²) in [6, 6.07) is 29.9. The summed E-state index contributed by atoms with van der Waals surface area (Å²) in [7, 11) is 0. The molecule has 2 heterocycles. The number of fused-ring (bicyclic) bond motifs is 2. The van der Waals surface area contributed by atoms with Crippen molar-refractivity contribution in [2.75, 3.05) is 39.3 Å². The Morgan fingerprint density at radius 1 is 0.628 bits per heavy atom. The number of nitrogens with zero attached hydrogens (tertiary/aromatic N) is 4. The number of aliphatic carboxylic acids is 1. The Morgan fingerprint density at radius 2 is 1.06 bits per heavy atom. The van der Waals surface area contributed by atoms with E-state index in [2.05, 4.69) is 25.4 Å². The Morgan fingerprint density at radius 3 is 1.49 bits per heavy atom.